The van der Waals surface area contributed by atoms with Crippen molar-refractivity contribution in [2.75, 3.05) is 13.1 Å². The number of aryl methyl sites for hydroxylation is 1. The van der Waals surface area contributed by atoms with Gasteiger partial charge in [-0.3, -0.25) is 4.90 Å². The third-order valence-electron chi connectivity index (χ3n) is 4.13. The molecule has 2 rings (SSSR count). The second kappa shape index (κ2) is 6.35. The molecule has 0 spiro atoms. The Balaban J connectivity index is 2.01. The second-order valence-corrected chi connectivity index (χ2v) is 5.43. The number of fused-ring (bicyclic) bond motifs is 1. The topological polar surface area (TPSA) is 29.3 Å². The molecule has 18 heavy (non-hydrogen) atoms. The molecule has 0 radical (unpaired) electrons. The van der Waals surface area contributed by atoms with E-state index in [1.54, 1.807) is 0 Å². The van der Waals surface area contributed by atoms with Gasteiger partial charge in [-0.15, -0.1) is 0 Å². The van der Waals surface area contributed by atoms with Crippen molar-refractivity contribution < 1.29 is 0 Å². The summed E-state index contributed by atoms with van der Waals surface area (Å²) in [7, 11) is 0. The van der Waals surface area contributed by atoms with Crippen LogP contribution in [0.1, 0.15) is 55.3 Å². The zero-order valence-corrected chi connectivity index (χ0v) is 11.8. The van der Waals surface area contributed by atoms with Crippen molar-refractivity contribution in [1.82, 2.24) is 4.90 Å². The Morgan fingerprint density at radius 2 is 2.11 bits per heavy atom. The third kappa shape index (κ3) is 2.76. The summed E-state index contributed by atoms with van der Waals surface area (Å²) in [6.45, 7) is 7.50. The van der Waals surface area contributed by atoms with Crippen LogP contribution in [0.3, 0.4) is 0 Å². The molecule has 2 nitrogen and oxygen atoms in total. The summed E-state index contributed by atoms with van der Waals surface area (Å²) >= 11 is 0. The minimum Gasteiger partial charge on any atom is -0.329 e. The van der Waals surface area contributed by atoms with Gasteiger partial charge in [-0.1, -0.05) is 44.4 Å². The highest BCUT2D eigenvalue weighted by molar-refractivity contribution is 5.40. The molecule has 0 saturated heterocycles. The first-order chi connectivity index (χ1) is 8.77. The van der Waals surface area contributed by atoms with E-state index in [9.17, 15) is 0 Å². The fraction of sp³-hybridized carbons (Fsp3) is 0.625. The van der Waals surface area contributed by atoms with Gasteiger partial charge < -0.3 is 5.73 Å². The molecule has 0 amide bonds. The van der Waals surface area contributed by atoms with Gasteiger partial charge in [0.15, 0.2) is 0 Å². The molecule has 1 aromatic carbocycles. The Morgan fingerprint density at radius 1 is 1.28 bits per heavy atom. The number of benzene rings is 1. The molecular weight excluding hydrogens is 220 g/mol. The summed E-state index contributed by atoms with van der Waals surface area (Å²) in [5.74, 6) is 0. The zero-order valence-electron chi connectivity index (χ0n) is 11.8. The van der Waals surface area contributed by atoms with Crippen LogP contribution in [0.15, 0.2) is 18.2 Å². The summed E-state index contributed by atoms with van der Waals surface area (Å²) in [4.78, 5) is 2.56. The number of nitrogens with zero attached hydrogens (tertiary/aromatic N) is 1. The minimum atomic E-state index is 0.446. The lowest BCUT2D eigenvalue weighted by atomic mass is 10.0. The summed E-state index contributed by atoms with van der Waals surface area (Å²) in [5.41, 5.74) is 10.4. The molecule has 2 heteroatoms. The average Bonchev–Trinajstić information content (AvgIpc) is 2.74. The van der Waals surface area contributed by atoms with Crippen LogP contribution >= 0.6 is 0 Å². The first kappa shape index (κ1) is 13.6. The van der Waals surface area contributed by atoms with E-state index in [-0.39, 0.29) is 0 Å². The Bertz CT molecular complexity index is 387. The van der Waals surface area contributed by atoms with Crippen LogP contribution in [0, 0.1) is 6.92 Å². The number of rotatable bonds is 6. The summed E-state index contributed by atoms with van der Waals surface area (Å²) in [5, 5.41) is 0. The fourth-order valence-electron chi connectivity index (χ4n) is 3.02. The van der Waals surface area contributed by atoms with Gasteiger partial charge in [0.05, 0.1) is 0 Å². The lowest BCUT2D eigenvalue weighted by Gasteiger charge is -2.23. The van der Waals surface area contributed by atoms with E-state index in [0.29, 0.717) is 6.04 Å². The van der Waals surface area contributed by atoms with E-state index in [4.69, 9.17) is 5.73 Å². The first-order valence-electron chi connectivity index (χ1n) is 7.30. The van der Waals surface area contributed by atoms with Crippen molar-refractivity contribution in [2.24, 2.45) is 5.73 Å². The van der Waals surface area contributed by atoms with Crippen LogP contribution in [0.5, 0.6) is 0 Å². The van der Waals surface area contributed by atoms with Gasteiger partial charge in [-0.25, -0.2) is 0 Å². The molecule has 100 valence electrons. The predicted octanol–water partition coefficient (Wildman–Crippen LogP) is 3.39. The monoisotopic (exact) mass is 246 g/mol. The van der Waals surface area contributed by atoms with Gasteiger partial charge in [0.1, 0.15) is 0 Å². The zero-order chi connectivity index (χ0) is 13.0. The van der Waals surface area contributed by atoms with Crippen molar-refractivity contribution >= 4 is 0 Å². The lowest BCUT2D eigenvalue weighted by Crippen LogP contribution is -2.28. The summed E-state index contributed by atoms with van der Waals surface area (Å²) in [6, 6.07) is 7.08. The number of hydrogen-bond acceptors (Lipinski definition) is 2. The molecule has 1 atom stereocenters. The Kier molecular flexibility index (Phi) is 4.79. The van der Waals surface area contributed by atoms with Crippen molar-refractivity contribution in [2.45, 2.75) is 52.1 Å². The third-order valence-corrected chi connectivity index (χ3v) is 4.13. The summed E-state index contributed by atoms with van der Waals surface area (Å²) in [6.07, 6.45) is 5.31. The van der Waals surface area contributed by atoms with E-state index < -0.39 is 0 Å². The number of unbranched alkanes of at least 4 members (excludes halogenated alkanes) is 3. The van der Waals surface area contributed by atoms with Crippen LogP contribution in [0.2, 0.25) is 0 Å². The highest BCUT2D eigenvalue weighted by Gasteiger charge is 2.29. The molecule has 1 unspecified atom stereocenters. The van der Waals surface area contributed by atoms with Crippen molar-refractivity contribution in [3.8, 4) is 0 Å². The van der Waals surface area contributed by atoms with E-state index >= 15 is 0 Å². The van der Waals surface area contributed by atoms with Gasteiger partial charge in [0.2, 0.25) is 0 Å². The van der Waals surface area contributed by atoms with Crippen molar-refractivity contribution in [1.29, 1.82) is 0 Å². The van der Waals surface area contributed by atoms with Crippen molar-refractivity contribution in [3.05, 3.63) is 34.9 Å². The second-order valence-electron chi connectivity index (χ2n) is 5.43. The van der Waals surface area contributed by atoms with Gasteiger partial charge in [-0.05, 0) is 36.6 Å². The molecule has 0 aliphatic carbocycles. The Morgan fingerprint density at radius 3 is 2.83 bits per heavy atom. The maximum atomic E-state index is 5.98. The molecule has 0 saturated carbocycles. The first-order valence-corrected chi connectivity index (χ1v) is 7.30. The van der Waals surface area contributed by atoms with E-state index in [1.165, 1.54) is 48.9 Å². The largest absolute Gasteiger partial charge is 0.329 e. The molecule has 1 aliphatic rings. The average molecular weight is 246 g/mol. The lowest BCUT2D eigenvalue weighted by molar-refractivity contribution is 0.215. The Labute approximate surface area is 111 Å². The maximum Gasteiger partial charge on any atom is 0.0477 e. The fourth-order valence-corrected chi connectivity index (χ4v) is 3.02. The molecule has 1 aromatic rings. The summed E-state index contributed by atoms with van der Waals surface area (Å²) < 4.78 is 0. The Hall–Kier alpha value is -0.860. The van der Waals surface area contributed by atoms with E-state index in [0.717, 1.165) is 13.1 Å². The normalized spacial score (nSPS) is 19.2. The van der Waals surface area contributed by atoms with Crippen LogP contribution in [-0.4, -0.2) is 18.0 Å². The van der Waals surface area contributed by atoms with Crippen LogP contribution in [-0.2, 0) is 6.54 Å². The molecule has 1 heterocycles. The van der Waals surface area contributed by atoms with E-state index in [2.05, 4.69) is 36.9 Å². The van der Waals surface area contributed by atoms with Crippen LogP contribution in [0.25, 0.3) is 0 Å². The van der Waals surface area contributed by atoms with Gasteiger partial charge in [0.25, 0.3) is 0 Å². The van der Waals surface area contributed by atoms with Gasteiger partial charge in [0, 0.05) is 19.1 Å². The molecule has 0 fully saturated rings. The smallest absolute Gasteiger partial charge is 0.0477 e. The van der Waals surface area contributed by atoms with Gasteiger partial charge in [-0.2, -0.15) is 0 Å². The molecule has 1 aliphatic heterocycles. The molecule has 2 N–H and O–H groups in total. The van der Waals surface area contributed by atoms with Crippen LogP contribution < -0.4 is 5.73 Å². The standard InChI is InChI=1S/C16H26N2/c1-3-4-5-6-10-18-12-15-13(2)8-7-9-14(15)16(18)11-17/h7-9,16H,3-6,10-12,17H2,1-2H3. The number of nitrogens with two attached hydrogens (primary N) is 1. The minimum absolute atomic E-state index is 0.446. The van der Waals surface area contributed by atoms with Crippen molar-refractivity contribution in [3.63, 3.8) is 0 Å². The SMILES string of the molecule is CCCCCCN1Cc2c(C)cccc2C1CN. The van der Waals surface area contributed by atoms with Crippen LogP contribution in [0.4, 0.5) is 0 Å². The molecule has 0 aromatic heterocycles. The quantitative estimate of drug-likeness (QED) is 0.780. The predicted molar refractivity (Wildman–Crippen MR) is 77.5 cm³/mol. The van der Waals surface area contributed by atoms with E-state index in [1.807, 2.05) is 0 Å². The molecular formula is C16H26N2. The van der Waals surface area contributed by atoms with Gasteiger partial charge >= 0.3 is 0 Å². The maximum absolute atomic E-state index is 5.98. The highest BCUT2D eigenvalue weighted by Crippen LogP contribution is 2.34. The highest BCUT2D eigenvalue weighted by atomic mass is 15.2. The number of hydrogen-bond donors (Lipinski definition) is 1. The molecule has 0 bridgehead atoms.